The first-order valence-corrected chi connectivity index (χ1v) is 9.32. The molecule has 0 aliphatic heterocycles. The minimum Gasteiger partial charge on any atom is -0.383 e. The summed E-state index contributed by atoms with van der Waals surface area (Å²) in [5.74, 6) is -0.261. The number of hydrogen-bond donors (Lipinski definition) is 2. The zero-order valence-corrected chi connectivity index (χ0v) is 15.9. The van der Waals surface area contributed by atoms with Gasteiger partial charge in [-0.2, -0.15) is 0 Å². The molecule has 0 spiro atoms. The molecular formula is C18H32N4O3. The number of aromatic amines is 1. The second kappa shape index (κ2) is 10.1. The Bertz CT molecular complexity index is 678. The molecule has 1 aromatic heterocycles. The van der Waals surface area contributed by atoms with E-state index in [2.05, 4.69) is 11.9 Å². The first-order chi connectivity index (χ1) is 11.9. The standard InChI is InChI=1S/C18H32N4O3/c1-5-8-10-12-21(17(24)13(4)7-3)14-15(19)22(11-9-6-2)18(25)20-16(14)23/h13H,5-12,19H2,1-4H3,(H,20,23,25). The molecule has 0 fully saturated rings. The average molecular weight is 352 g/mol. The summed E-state index contributed by atoms with van der Waals surface area (Å²) in [5.41, 5.74) is 5.15. The summed E-state index contributed by atoms with van der Waals surface area (Å²) in [7, 11) is 0. The van der Waals surface area contributed by atoms with Crippen molar-refractivity contribution in [1.82, 2.24) is 9.55 Å². The zero-order chi connectivity index (χ0) is 19.0. The summed E-state index contributed by atoms with van der Waals surface area (Å²) in [6, 6.07) is 0. The summed E-state index contributed by atoms with van der Waals surface area (Å²) in [5, 5.41) is 0. The lowest BCUT2D eigenvalue weighted by Gasteiger charge is -2.26. The fourth-order valence-corrected chi connectivity index (χ4v) is 2.67. The molecule has 0 bridgehead atoms. The molecule has 0 saturated heterocycles. The number of aromatic nitrogens is 2. The highest BCUT2D eigenvalue weighted by atomic mass is 16.2. The largest absolute Gasteiger partial charge is 0.383 e. The van der Waals surface area contributed by atoms with Crippen molar-refractivity contribution in [2.75, 3.05) is 17.2 Å². The van der Waals surface area contributed by atoms with Crippen molar-refractivity contribution < 1.29 is 4.79 Å². The molecule has 0 aliphatic carbocycles. The van der Waals surface area contributed by atoms with E-state index in [1.807, 2.05) is 20.8 Å². The van der Waals surface area contributed by atoms with E-state index in [9.17, 15) is 14.4 Å². The molecule has 1 unspecified atom stereocenters. The van der Waals surface area contributed by atoms with Crippen molar-refractivity contribution in [2.24, 2.45) is 5.92 Å². The lowest BCUT2D eigenvalue weighted by atomic mass is 10.1. The van der Waals surface area contributed by atoms with E-state index >= 15 is 0 Å². The molecule has 1 rings (SSSR count). The van der Waals surface area contributed by atoms with Gasteiger partial charge in [-0.1, -0.05) is 47.0 Å². The van der Waals surface area contributed by atoms with E-state index in [0.29, 0.717) is 19.5 Å². The van der Waals surface area contributed by atoms with Crippen LogP contribution in [0.4, 0.5) is 11.5 Å². The Hall–Kier alpha value is -2.05. The highest BCUT2D eigenvalue weighted by Crippen LogP contribution is 2.21. The third kappa shape index (κ3) is 5.21. The monoisotopic (exact) mass is 352 g/mol. The summed E-state index contributed by atoms with van der Waals surface area (Å²) in [6.07, 6.45) is 5.09. The molecule has 1 heterocycles. The van der Waals surface area contributed by atoms with E-state index in [4.69, 9.17) is 5.73 Å². The number of rotatable bonds is 10. The smallest absolute Gasteiger partial charge is 0.330 e. The normalized spacial score (nSPS) is 12.2. The van der Waals surface area contributed by atoms with Crippen molar-refractivity contribution in [3.05, 3.63) is 20.8 Å². The first kappa shape index (κ1) is 21.0. The van der Waals surface area contributed by atoms with E-state index in [-0.39, 0.29) is 23.3 Å². The Morgan fingerprint density at radius 3 is 2.36 bits per heavy atom. The van der Waals surface area contributed by atoms with Crippen molar-refractivity contribution in [1.29, 1.82) is 0 Å². The van der Waals surface area contributed by atoms with Crippen molar-refractivity contribution >= 4 is 17.4 Å². The Labute approximate surface area is 149 Å². The van der Waals surface area contributed by atoms with Crippen LogP contribution in [0.2, 0.25) is 0 Å². The lowest BCUT2D eigenvalue weighted by molar-refractivity contribution is -0.122. The molecule has 142 valence electrons. The number of carbonyl (C=O) groups is 1. The number of carbonyl (C=O) groups excluding carboxylic acids is 1. The van der Waals surface area contributed by atoms with Crippen molar-refractivity contribution in [3.8, 4) is 0 Å². The number of nitrogen functional groups attached to an aromatic ring is 1. The fourth-order valence-electron chi connectivity index (χ4n) is 2.67. The highest BCUT2D eigenvalue weighted by molar-refractivity contribution is 5.96. The number of nitrogens with two attached hydrogens (primary N) is 1. The Kier molecular flexibility index (Phi) is 8.45. The molecule has 0 aliphatic rings. The Balaban J connectivity index is 3.38. The van der Waals surface area contributed by atoms with Gasteiger partial charge in [-0.25, -0.2) is 4.79 Å². The second-order valence-electron chi connectivity index (χ2n) is 6.50. The minimum atomic E-state index is -0.594. The number of anilines is 2. The number of hydrogen-bond acceptors (Lipinski definition) is 4. The number of amides is 1. The average Bonchev–Trinajstić information content (AvgIpc) is 2.58. The van der Waals surface area contributed by atoms with Gasteiger partial charge in [0.1, 0.15) is 5.82 Å². The van der Waals surface area contributed by atoms with Crippen LogP contribution in [-0.4, -0.2) is 22.0 Å². The second-order valence-corrected chi connectivity index (χ2v) is 6.50. The van der Waals surface area contributed by atoms with Crippen LogP contribution >= 0.6 is 0 Å². The van der Waals surface area contributed by atoms with Crippen molar-refractivity contribution in [2.45, 2.75) is 72.8 Å². The number of H-pyrrole nitrogens is 1. The first-order valence-electron chi connectivity index (χ1n) is 9.32. The maximum absolute atomic E-state index is 12.8. The molecule has 0 saturated carbocycles. The number of unbranched alkanes of at least 4 members (excludes halogenated alkanes) is 3. The van der Waals surface area contributed by atoms with Crippen LogP contribution in [0, 0.1) is 5.92 Å². The van der Waals surface area contributed by atoms with Crippen LogP contribution in [0.15, 0.2) is 9.59 Å². The maximum Gasteiger partial charge on any atom is 0.330 e. The highest BCUT2D eigenvalue weighted by Gasteiger charge is 2.26. The Morgan fingerprint density at radius 2 is 1.80 bits per heavy atom. The molecule has 25 heavy (non-hydrogen) atoms. The third-order valence-corrected chi connectivity index (χ3v) is 4.50. The van der Waals surface area contributed by atoms with Gasteiger partial charge in [0.25, 0.3) is 5.56 Å². The lowest BCUT2D eigenvalue weighted by Crippen LogP contribution is -2.43. The molecule has 1 aromatic rings. The fraction of sp³-hybridized carbons (Fsp3) is 0.722. The number of nitrogens with zero attached hydrogens (tertiary/aromatic N) is 2. The summed E-state index contributed by atoms with van der Waals surface area (Å²) in [6.45, 7) is 8.71. The molecule has 1 amide bonds. The van der Waals surface area contributed by atoms with Gasteiger partial charge in [-0.05, 0) is 19.3 Å². The van der Waals surface area contributed by atoms with E-state index in [0.717, 1.165) is 32.1 Å². The van der Waals surface area contributed by atoms with E-state index in [1.54, 1.807) is 0 Å². The molecule has 1 atom stereocenters. The SMILES string of the molecule is CCCCCN(C(=O)C(C)CC)c1c(N)n(CCCC)c(=O)[nH]c1=O. The van der Waals surface area contributed by atoms with Crippen LogP contribution < -0.4 is 21.9 Å². The molecule has 0 aromatic carbocycles. The van der Waals surface area contributed by atoms with Gasteiger partial charge < -0.3 is 10.6 Å². The third-order valence-electron chi connectivity index (χ3n) is 4.50. The molecule has 0 radical (unpaired) electrons. The quantitative estimate of drug-likeness (QED) is 0.632. The van der Waals surface area contributed by atoms with Gasteiger partial charge in [0.15, 0.2) is 5.69 Å². The maximum atomic E-state index is 12.8. The van der Waals surface area contributed by atoms with Crippen LogP contribution in [0.1, 0.15) is 66.2 Å². The molecular weight excluding hydrogens is 320 g/mol. The van der Waals surface area contributed by atoms with Gasteiger partial charge >= 0.3 is 5.69 Å². The topological polar surface area (TPSA) is 101 Å². The summed E-state index contributed by atoms with van der Waals surface area (Å²) in [4.78, 5) is 41.1. The molecule has 7 nitrogen and oxygen atoms in total. The zero-order valence-electron chi connectivity index (χ0n) is 15.9. The van der Waals surface area contributed by atoms with Crippen LogP contribution in [0.3, 0.4) is 0 Å². The van der Waals surface area contributed by atoms with Gasteiger partial charge in [0, 0.05) is 19.0 Å². The molecule has 3 N–H and O–H groups in total. The summed E-state index contributed by atoms with van der Waals surface area (Å²) >= 11 is 0. The van der Waals surface area contributed by atoms with Crippen molar-refractivity contribution in [3.63, 3.8) is 0 Å². The predicted octanol–water partition coefficient (Wildman–Crippen LogP) is 2.49. The van der Waals surface area contributed by atoms with Crippen LogP contribution in [0.5, 0.6) is 0 Å². The van der Waals surface area contributed by atoms with Crippen LogP contribution in [-0.2, 0) is 11.3 Å². The van der Waals surface area contributed by atoms with Gasteiger partial charge in [-0.15, -0.1) is 0 Å². The van der Waals surface area contributed by atoms with Gasteiger partial charge in [-0.3, -0.25) is 19.1 Å². The van der Waals surface area contributed by atoms with E-state index in [1.165, 1.54) is 9.47 Å². The van der Waals surface area contributed by atoms with Gasteiger partial charge in [0.05, 0.1) is 0 Å². The number of nitrogens with one attached hydrogen (secondary N) is 1. The summed E-state index contributed by atoms with van der Waals surface area (Å²) < 4.78 is 1.36. The minimum absolute atomic E-state index is 0.0790. The van der Waals surface area contributed by atoms with Crippen LogP contribution in [0.25, 0.3) is 0 Å². The molecule has 7 heteroatoms. The Morgan fingerprint density at radius 1 is 1.16 bits per heavy atom. The predicted molar refractivity (Wildman–Crippen MR) is 102 cm³/mol. The van der Waals surface area contributed by atoms with E-state index < -0.39 is 11.2 Å². The van der Waals surface area contributed by atoms with Gasteiger partial charge in [0.2, 0.25) is 5.91 Å².